The van der Waals surface area contributed by atoms with E-state index in [1.54, 1.807) is 6.20 Å². The summed E-state index contributed by atoms with van der Waals surface area (Å²) in [6, 6.07) is 7.96. The summed E-state index contributed by atoms with van der Waals surface area (Å²) in [6.45, 7) is 7.18. The molecule has 2 heterocycles. The molecule has 118 valence electrons. The molecule has 5 heteroatoms. The van der Waals surface area contributed by atoms with Crippen LogP contribution in [0.5, 0.6) is 0 Å². The molecular formula is C18H20N4O. The van der Waals surface area contributed by atoms with Gasteiger partial charge < -0.3 is 9.88 Å². The van der Waals surface area contributed by atoms with E-state index in [0.717, 1.165) is 34.5 Å². The molecule has 3 aromatic rings. The second kappa shape index (κ2) is 6.20. The van der Waals surface area contributed by atoms with E-state index in [-0.39, 0.29) is 5.91 Å². The van der Waals surface area contributed by atoms with Crippen LogP contribution in [0.3, 0.4) is 0 Å². The lowest BCUT2D eigenvalue weighted by atomic mass is 10.1. The minimum absolute atomic E-state index is 0.121. The van der Waals surface area contributed by atoms with Gasteiger partial charge in [-0.25, -0.2) is 4.98 Å². The van der Waals surface area contributed by atoms with Gasteiger partial charge in [-0.05, 0) is 39.0 Å². The highest BCUT2D eigenvalue weighted by molar-refractivity contribution is 5.98. The molecule has 2 aromatic heterocycles. The van der Waals surface area contributed by atoms with Crippen LogP contribution in [0.1, 0.15) is 34.4 Å². The summed E-state index contributed by atoms with van der Waals surface area (Å²) in [7, 11) is 0. The number of benzene rings is 1. The van der Waals surface area contributed by atoms with Crippen molar-refractivity contribution >= 4 is 16.8 Å². The van der Waals surface area contributed by atoms with Crippen LogP contribution < -0.4 is 5.32 Å². The van der Waals surface area contributed by atoms with E-state index in [1.807, 2.05) is 55.8 Å². The molecule has 0 fully saturated rings. The summed E-state index contributed by atoms with van der Waals surface area (Å²) in [5.74, 6) is 0.729. The van der Waals surface area contributed by atoms with E-state index in [2.05, 4.69) is 15.3 Å². The summed E-state index contributed by atoms with van der Waals surface area (Å²) in [4.78, 5) is 21.3. The number of amides is 1. The van der Waals surface area contributed by atoms with Gasteiger partial charge in [-0.1, -0.05) is 11.6 Å². The lowest BCUT2D eigenvalue weighted by Gasteiger charge is -2.10. The molecule has 0 aliphatic rings. The molecule has 5 nitrogen and oxygen atoms in total. The molecule has 0 aliphatic heterocycles. The molecule has 3 rings (SSSR count). The number of hydrogen-bond donors (Lipinski definition) is 1. The van der Waals surface area contributed by atoms with Crippen LogP contribution in [0, 0.1) is 13.8 Å². The number of pyridine rings is 1. The molecule has 1 amide bonds. The maximum Gasteiger partial charge on any atom is 0.253 e. The predicted molar refractivity (Wildman–Crippen MR) is 90.3 cm³/mol. The molecule has 0 unspecified atom stereocenters. The second-order valence-electron chi connectivity index (χ2n) is 5.63. The zero-order valence-corrected chi connectivity index (χ0v) is 13.6. The third-order valence-electron chi connectivity index (χ3n) is 3.95. The minimum atomic E-state index is -0.121. The van der Waals surface area contributed by atoms with E-state index in [1.165, 1.54) is 0 Å². The van der Waals surface area contributed by atoms with Crippen molar-refractivity contribution in [1.82, 2.24) is 19.9 Å². The van der Waals surface area contributed by atoms with E-state index < -0.39 is 0 Å². The van der Waals surface area contributed by atoms with Crippen LogP contribution in [0.25, 0.3) is 10.9 Å². The average molecular weight is 308 g/mol. The van der Waals surface area contributed by atoms with Gasteiger partial charge in [0.2, 0.25) is 0 Å². The minimum Gasteiger partial charge on any atom is -0.345 e. The van der Waals surface area contributed by atoms with Crippen LogP contribution >= 0.6 is 0 Å². The predicted octanol–water partition coefficient (Wildman–Crippen LogP) is 3.00. The fourth-order valence-electron chi connectivity index (χ4n) is 2.67. The maximum atomic E-state index is 12.5. The monoisotopic (exact) mass is 308 g/mol. The standard InChI is InChI=1S/C18H20N4O/c1-4-22-8-7-19-17(22)11-20-18(23)15-10-14-9-12(2)5-6-16(14)21-13(15)3/h5-10H,4,11H2,1-3H3,(H,20,23). The molecule has 0 spiro atoms. The van der Waals surface area contributed by atoms with Crippen molar-refractivity contribution in [3.05, 3.63) is 59.3 Å². The summed E-state index contributed by atoms with van der Waals surface area (Å²) in [5, 5.41) is 3.92. The van der Waals surface area contributed by atoms with Gasteiger partial charge in [0, 0.05) is 24.3 Å². The number of aromatic nitrogens is 3. The topological polar surface area (TPSA) is 59.8 Å². The van der Waals surface area contributed by atoms with Crippen LogP contribution in [0.2, 0.25) is 0 Å². The van der Waals surface area contributed by atoms with Crippen molar-refractivity contribution in [1.29, 1.82) is 0 Å². The quantitative estimate of drug-likeness (QED) is 0.806. The van der Waals surface area contributed by atoms with Gasteiger partial charge in [-0.2, -0.15) is 0 Å². The fourth-order valence-corrected chi connectivity index (χ4v) is 2.67. The number of rotatable bonds is 4. The zero-order valence-electron chi connectivity index (χ0n) is 13.6. The van der Waals surface area contributed by atoms with E-state index in [4.69, 9.17) is 0 Å². The summed E-state index contributed by atoms with van der Waals surface area (Å²) in [5.41, 5.74) is 3.40. The molecule has 0 atom stereocenters. The van der Waals surface area contributed by atoms with Gasteiger partial charge in [-0.3, -0.25) is 9.78 Å². The first-order chi connectivity index (χ1) is 11.1. The Morgan fingerprint density at radius 2 is 2.09 bits per heavy atom. The number of aryl methyl sites for hydroxylation is 3. The average Bonchev–Trinajstić information content (AvgIpc) is 3.00. The van der Waals surface area contributed by atoms with Gasteiger partial charge in [0.15, 0.2) is 0 Å². The molecule has 1 N–H and O–H groups in total. The van der Waals surface area contributed by atoms with Crippen molar-refractivity contribution < 1.29 is 4.79 Å². The summed E-state index contributed by atoms with van der Waals surface area (Å²) in [6.07, 6.45) is 3.66. The van der Waals surface area contributed by atoms with Crippen molar-refractivity contribution in [2.75, 3.05) is 0 Å². The van der Waals surface area contributed by atoms with Crippen LogP contribution in [-0.4, -0.2) is 20.4 Å². The van der Waals surface area contributed by atoms with Crippen molar-refractivity contribution in [3.63, 3.8) is 0 Å². The largest absolute Gasteiger partial charge is 0.345 e. The Kier molecular flexibility index (Phi) is 4.10. The van der Waals surface area contributed by atoms with Gasteiger partial charge in [0.1, 0.15) is 5.82 Å². The molecule has 0 bridgehead atoms. The summed E-state index contributed by atoms with van der Waals surface area (Å²) >= 11 is 0. The number of carbonyl (C=O) groups excluding carboxylic acids is 1. The first-order valence-electron chi connectivity index (χ1n) is 7.74. The highest BCUT2D eigenvalue weighted by atomic mass is 16.1. The molecule has 23 heavy (non-hydrogen) atoms. The van der Waals surface area contributed by atoms with E-state index in [0.29, 0.717) is 12.1 Å². The van der Waals surface area contributed by atoms with Crippen molar-refractivity contribution in [3.8, 4) is 0 Å². The smallest absolute Gasteiger partial charge is 0.253 e. The van der Waals surface area contributed by atoms with Crippen LogP contribution in [0.4, 0.5) is 0 Å². The van der Waals surface area contributed by atoms with Crippen molar-refractivity contribution in [2.45, 2.75) is 33.9 Å². The number of imidazole rings is 1. The van der Waals surface area contributed by atoms with Gasteiger partial charge in [0.25, 0.3) is 5.91 Å². The Balaban J connectivity index is 1.84. The number of nitrogens with one attached hydrogen (secondary N) is 1. The molecular weight excluding hydrogens is 288 g/mol. The maximum absolute atomic E-state index is 12.5. The first-order valence-corrected chi connectivity index (χ1v) is 7.74. The van der Waals surface area contributed by atoms with Gasteiger partial charge in [-0.15, -0.1) is 0 Å². The zero-order chi connectivity index (χ0) is 16.4. The lowest BCUT2D eigenvalue weighted by molar-refractivity contribution is 0.0948. The van der Waals surface area contributed by atoms with Gasteiger partial charge >= 0.3 is 0 Å². The third-order valence-corrected chi connectivity index (χ3v) is 3.95. The molecule has 0 radical (unpaired) electrons. The van der Waals surface area contributed by atoms with Crippen LogP contribution in [-0.2, 0) is 13.1 Å². The highest BCUT2D eigenvalue weighted by Gasteiger charge is 2.12. The number of fused-ring (bicyclic) bond motifs is 1. The lowest BCUT2D eigenvalue weighted by Crippen LogP contribution is -2.25. The number of carbonyl (C=O) groups is 1. The number of nitrogens with zero attached hydrogens (tertiary/aromatic N) is 3. The second-order valence-corrected chi connectivity index (χ2v) is 5.63. The van der Waals surface area contributed by atoms with Crippen LogP contribution in [0.15, 0.2) is 36.7 Å². The first kappa shape index (κ1) is 15.2. The highest BCUT2D eigenvalue weighted by Crippen LogP contribution is 2.18. The number of hydrogen-bond acceptors (Lipinski definition) is 3. The Hall–Kier alpha value is -2.69. The van der Waals surface area contributed by atoms with E-state index >= 15 is 0 Å². The Morgan fingerprint density at radius 3 is 2.87 bits per heavy atom. The fraction of sp³-hybridized carbons (Fsp3) is 0.278. The Morgan fingerprint density at radius 1 is 1.26 bits per heavy atom. The summed E-state index contributed by atoms with van der Waals surface area (Å²) < 4.78 is 2.01. The van der Waals surface area contributed by atoms with Gasteiger partial charge in [0.05, 0.1) is 23.3 Å². The normalized spacial score (nSPS) is 10.9. The van der Waals surface area contributed by atoms with Crippen molar-refractivity contribution in [2.24, 2.45) is 0 Å². The molecule has 0 saturated heterocycles. The Bertz CT molecular complexity index is 867. The molecule has 0 saturated carbocycles. The molecule has 0 aliphatic carbocycles. The molecule has 1 aromatic carbocycles. The third kappa shape index (κ3) is 3.08. The SMILES string of the molecule is CCn1ccnc1CNC(=O)c1cc2cc(C)ccc2nc1C. The Labute approximate surface area is 135 Å². The van der Waals surface area contributed by atoms with E-state index in [9.17, 15) is 4.79 Å².